The van der Waals surface area contributed by atoms with Gasteiger partial charge < -0.3 is 9.32 Å². The summed E-state index contributed by atoms with van der Waals surface area (Å²) in [6.07, 6.45) is 4.37. The van der Waals surface area contributed by atoms with Crippen molar-refractivity contribution < 1.29 is 9.21 Å². The first-order valence-corrected chi connectivity index (χ1v) is 8.22. The highest BCUT2D eigenvalue weighted by atomic mass is 32.1. The predicted molar refractivity (Wildman–Crippen MR) is 87.6 cm³/mol. The van der Waals surface area contributed by atoms with Gasteiger partial charge in [0.2, 0.25) is 0 Å². The van der Waals surface area contributed by atoms with Crippen molar-refractivity contribution in [3.8, 4) is 0 Å². The van der Waals surface area contributed by atoms with Crippen LogP contribution in [0, 0.1) is 6.92 Å². The van der Waals surface area contributed by atoms with Gasteiger partial charge in [-0.25, -0.2) is 4.98 Å². The van der Waals surface area contributed by atoms with E-state index in [0.29, 0.717) is 24.6 Å². The van der Waals surface area contributed by atoms with Gasteiger partial charge in [-0.3, -0.25) is 9.48 Å². The molecule has 0 atom stereocenters. The summed E-state index contributed by atoms with van der Waals surface area (Å²) < 4.78 is 7.39. The summed E-state index contributed by atoms with van der Waals surface area (Å²) in [5.74, 6) is 0.957. The van der Waals surface area contributed by atoms with Crippen LogP contribution in [0.2, 0.25) is 0 Å². The largest absolute Gasteiger partial charge is 0.454 e. The summed E-state index contributed by atoms with van der Waals surface area (Å²) in [6.45, 7) is 3.14. The third kappa shape index (κ3) is 3.68. The number of amides is 1. The molecule has 0 unspecified atom stereocenters. The van der Waals surface area contributed by atoms with Crippen molar-refractivity contribution in [2.75, 3.05) is 13.6 Å². The fourth-order valence-corrected chi connectivity index (χ4v) is 3.03. The molecule has 3 rings (SSSR count). The van der Waals surface area contributed by atoms with Gasteiger partial charge in [0.05, 0.1) is 17.7 Å². The second-order valence-corrected chi connectivity index (χ2v) is 6.25. The van der Waals surface area contributed by atoms with E-state index in [2.05, 4.69) is 10.1 Å². The van der Waals surface area contributed by atoms with Crippen LogP contribution in [0.3, 0.4) is 0 Å². The summed E-state index contributed by atoms with van der Waals surface area (Å²) in [7, 11) is 1.79. The lowest BCUT2D eigenvalue weighted by Gasteiger charge is -2.15. The van der Waals surface area contributed by atoms with Crippen LogP contribution in [0.4, 0.5) is 0 Å². The normalized spacial score (nSPS) is 10.9. The minimum Gasteiger partial charge on any atom is -0.454 e. The highest BCUT2D eigenvalue weighted by Gasteiger charge is 2.16. The van der Waals surface area contributed by atoms with Crippen molar-refractivity contribution in [3.63, 3.8) is 0 Å². The molecule has 3 heterocycles. The molecule has 7 heteroatoms. The minimum absolute atomic E-state index is 0.112. The van der Waals surface area contributed by atoms with Crippen LogP contribution in [-0.4, -0.2) is 39.2 Å². The number of nitrogens with zero attached hydrogens (tertiary/aromatic N) is 4. The first-order valence-electron chi connectivity index (χ1n) is 7.34. The van der Waals surface area contributed by atoms with Gasteiger partial charge in [-0.05, 0) is 25.1 Å². The third-order valence-corrected chi connectivity index (χ3v) is 4.61. The van der Waals surface area contributed by atoms with E-state index in [4.69, 9.17) is 4.42 Å². The molecule has 0 spiro atoms. The molecular weight excluding hydrogens is 312 g/mol. The number of carbonyl (C=O) groups is 1. The molecule has 3 aromatic heterocycles. The SMILES string of the molecule is Cc1ncsc1CCN(C)C(=O)c1ccc(Cn2cccn2)o1. The molecule has 120 valence electrons. The molecule has 0 saturated heterocycles. The average Bonchev–Trinajstić information content (AvgIpc) is 3.27. The van der Waals surface area contributed by atoms with Gasteiger partial charge in [0.15, 0.2) is 5.76 Å². The van der Waals surface area contributed by atoms with Gasteiger partial charge in [-0.1, -0.05) is 0 Å². The maximum atomic E-state index is 12.4. The first kappa shape index (κ1) is 15.5. The van der Waals surface area contributed by atoms with E-state index in [-0.39, 0.29) is 5.91 Å². The van der Waals surface area contributed by atoms with Gasteiger partial charge in [-0.15, -0.1) is 11.3 Å². The smallest absolute Gasteiger partial charge is 0.289 e. The predicted octanol–water partition coefficient (Wildman–Crippen LogP) is 2.60. The van der Waals surface area contributed by atoms with E-state index in [1.807, 2.05) is 30.8 Å². The maximum Gasteiger partial charge on any atom is 0.289 e. The number of hydrogen-bond donors (Lipinski definition) is 0. The van der Waals surface area contributed by atoms with E-state index in [1.54, 1.807) is 40.2 Å². The lowest BCUT2D eigenvalue weighted by atomic mass is 10.3. The number of aromatic nitrogens is 3. The molecule has 0 aromatic carbocycles. The maximum absolute atomic E-state index is 12.4. The molecule has 0 saturated carbocycles. The number of furan rings is 1. The Morgan fingerprint density at radius 2 is 2.30 bits per heavy atom. The summed E-state index contributed by atoms with van der Waals surface area (Å²) in [6, 6.07) is 5.38. The molecule has 0 bridgehead atoms. The number of thiazole rings is 1. The zero-order valence-corrected chi connectivity index (χ0v) is 13.9. The van der Waals surface area contributed by atoms with Gasteiger partial charge >= 0.3 is 0 Å². The highest BCUT2D eigenvalue weighted by Crippen LogP contribution is 2.15. The first-order chi connectivity index (χ1) is 11.1. The van der Waals surface area contributed by atoms with Gasteiger partial charge in [0.25, 0.3) is 5.91 Å². The summed E-state index contributed by atoms with van der Waals surface area (Å²) in [5, 5.41) is 4.12. The molecule has 6 nitrogen and oxygen atoms in total. The Kier molecular flexibility index (Phi) is 4.57. The van der Waals surface area contributed by atoms with Crippen LogP contribution in [-0.2, 0) is 13.0 Å². The van der Waals surface area contributed by atoms with Crippen molar-refractivity contribution in [2.24, 2.45) is 0 Å². The average molecular weight is 330 g/mol. The monoisotopic (exact) mass is 330 g/mol. The number of aryl methyl sites for hydroxylation is 1. The molecule has 1 amide bonds. The quantitative estimate of drug-likeness (QED) is 0.697. The van der Waals surface area contributed by atoms with Crippen LogP contribution in [0.25, 0.3) is 0 Å². The topological polar surface area (TPSA) is 64.2 Å². The van der Waals surface area contributed by atoms with Crippen LogP contribution >= 0.6 is 11.3 Å². The van der Waals surface area contributed by atoms with E-state index in [0.717, 1.165) is 12.1 Å². The summed E-state index contributed by atoms with van der Waals surface area (Å²) in [5.41, 5.74) is 2.87. The van der Waals surface area contributed by atoms with Crippen molar-refractivity contribution in [3.05, 3.63) is 58.2 Å². The highest BCUT2D eigenvalue weighted by molar-refractivity contribution is 7.09. The third-order valence-electron chi connectivity index (χ3n) is 3.62. The Balaban J connectivity index is 1.59. The van der Waals surface area contributed by atoms with Gasteiger partial charge in [0, 0.05) is 37.3 Å². The minimum atomic E-state index is -0.112. The molecule has 0 aliphatic rings. The van der Waals surface area contributed by atoms with E-state index >= 15 is 0 Å². The Morgan fingerprint density at radius 3 is 3.00 bits per heavy atom. The Morgan fingerprint density at radius 1 is 1.43 bits per heavy atom. The summed E-state index contributed by atoms with van der Waals surface area (Å²) in [4.78, 5) is 19.5. The molecule has 0 aliphatic carbocycles. The lowest BCUT2D eigenvalue weighted by Crippen LogP contribution is -2.28. The molecule has 23 heavy (non-hydrogen) atoms. The second-order valence-electron chi connectivity index (χ2n) is 5.31. The van der Waals surface area contributed by atoms with Crippen LogP contribution < -0.4 is 0 Å². The zero-order chi connectivity index (χ0) is 16.2. The van der Waals surface area contributed by atoms with Crippen LogP contribution in [0.1, 0.15) is 26.9 Å². The molecule has 3 aromatic rings. The summed E-state index contributed by atoms with van der Waals surface area (Å²) >= 11 is 1.62. The number of carbonyl (C=O) groups excluding carboxylic acids is 1. The standard InChI is InChI=1S/C16H18N4O2S/c1-12-15(23-11-17-12)6-9-19(2)16(21)14-5-4-13(22-14)10-20-8-3-7-18-20/h3-5,7-8,11H,6,9-10H2,1-2H3. The van der Waals surface area contributed by atoms with E-state index in [9.17, 15) is 4.79 Å². The number of rotatable bonds is 6. The zero-order valence-electron chi connectivity index (χ0n) is 13.1. The van der Waals surface area contributed by atoms with Crippen molar-refractivity contribution in [1.29, 1.82) is 0 Å². The van der Waals surface area contributed by atoms with E-state index < -0.39 is 0 Å². The molecule has 0 N–H and O–H groups in total. The Labute approximate surface area is 138 Å². The van der Waals surface area contributed by atoms with Crippen LogP contribution in [0.15, 0.2) is 40.5 Å². The van der Waals surface area contributed by atoms with E-state index in [1.165, 1.54) is 4.88 Å². The molecule has 0 radical (unpaired) electrons. The molecular formula is C16H18N4O2S. The fourth-order valence-electron chi connectivity index (χ4n) is 2.26. The van der Waals surface area contributed by atoms with Gasteiger partial charge in [-0.2, -0.15) is 5.10 Å². The molecule has 0 fully saturated rings. The number of likely N-dealkylation sites (N-methyl/N-ethyl adjacent to an activating group) is 1. The Bertz CT molecular complexity index is 776. The lowest BCUT2D eigenvalue weighted by molar-refractivity contribution is 0.0763. The van der Waals surface area contributed by atoms with Gasteiger partial charge in [0.1, 0.15) is 5.76 Å². The van der Waals surface area contributed by atoms with Crippen molar-refractivity contribution in [2.45, 2.75) is 19.9 Å². The van der Waals surface area contributed by atoms with Crippen molar-refractivity contribution >= 4 is 17.2 Å². The number of hydrogen-bond acceptors (Lipinski definition) is 5. The van der Waals surface area contributed by atoms with Crippen molar-refractivity contribution in [1.82, 2.24) is 19.7 Å². The second kappa shape index (κ2) is 6.78. The van der Waals surface area contributed by atoms with Crippen LogP contribution in [0.5, 0.6) is 0 Å². The fraction of sp³-hybridized carbons (Fsp3) is 0.312. The Hall–Kier alpha value is -2.41. The molecule has 0 aliphatic heterocycles.